The molecule has 0 spiro atoms. The molecule has 3 aromatic carbocycles. The number of halogens is 1. The Bertz CT molecular complexity index is 1330. The number of hydrogen-bond donors (Lipinski definition) is 3. The number of carbonyl (C=O) groups is 2. The van der Waals surface area contributed by atoms with E-state index in [1.165, 1.54) is 63.5 Å². The zero-order valence-electron chi connectivity index (χ0n) is 22.9. The molecule has 0 aromatic heterocycles. The van der Waals surface area contributed by atoms with E-state index in [1.807, 2.05) is 24.3 Å². The third-order valence-corrected chi connectivity index (χ3v) is 7.43. The molecule has 7 nitrogen and oxygen atoms in total. The summed E-state index contributed by atoms with van der Waals surface area (Å²) in [6.45, 7) is 3.79. The Hall–Kier alpha value is -3.68. The highest BCUT2D eigenvalue weighted by Gasteiger charge is 2.24. The normalized spacial score (nSPS) is 14.7. The van der Waals surface area contributed by atoms with Gasteiger partial charge in [-0.25, -0.2) is 0 Å². The summed E-state index contributed by atoms with van der Waals surface area (Å²) in [5.41, 5.74) is 10.1. The Labute approximate surface area is 241 Å². The van der Waals surface area contributed by atoms with Crippen LogP contribution in [0.1, 0.15) is 53.6 Å². The van der Waals surface area contributed by atoms with Gasteiger partial charge in [-0.15, -0.1) is 0 Å². The summed E-state index contributed by atoms with van der Waals surface area (Å²) in [4.78, 5) is 24.9. The monoisotopic (exact) mass is 560 g/mol. The van der Waals surface area contributed by atoms with Gasteiger partial charge < -0.3 is 26.1 Å². The third kappa shape index (κ3) is 8.16. The first-order valence-corrected chi connectivity index (χ1v) is 14.2. The van der Waals surface area contributed by atoms with Crippen LogP contribution in [-0.2, 0) is 11.2 Å². The van der Waals surface area contributed by atoms with Gasteiger partial charge >= 0.3 is 0 Å². The van der Waals surface area contributed by atoms with Crippen LogP contribution in [0, 0.1) is 5.41 Å². The van der Waals surface area contributed by atoms with E-state index in [0.717, 1.165) is 39.6 Å². The second-order valence-electron chi connectivity index (χ2n) is 10.2. The van der Waals surface area contributed by atoms with E-state index in [4.69, 9.17) is 27.5 Å². The lowest BCUT2D eigenvalue weighted by Crippen LogP contribution is -2.22. The Kier molecular flexibility index (Phi) is 10.3. The first kappa shape index (κ1) is 29.3. The molecular formula is C32H37ClN4O3. The number of nitrogens with zero attached hydrogens (tertiary/aromatic N) is 1. The van der Waals surface area contributed by atoms with Gasteiger partial charge in [-0.3, -0.25) is 9.59 Å². The van der Waals surface area contributed by atoms with Gasteiger partial charge in [0.2, 0.25) is 5.78 Å². The SMILES string of the molecule is CNc1cc(-c2ccc(C(=O)C(N)=O)cc2)ccc1C=N.Clc1cc(CCCN2CCCC2)ccc1OC1CC1. The van der Waals surface area contributed by atoms with Crippen molar-refractivity contribution in [3.8, 4) is 16.9 Å². The minimum absolute atomic E-state index is 0.274. The molecule has 5 rings (SSSR count). The summed E-state index contributed by atoms with van der Waals surface area (Å²) in [6.07, 6.45) is 9.13. The number of aryl methyl sites for hydroxylation is 1. The fourth-order valence-electron chi connectivity index (χ4n) is 4.71. The second kappa shape index (κ2) is 14.1. The van der Waals surface area contributed by atoms with Crippen LogP contribution in [0.3, 0.4) is 0 Å². The van der Waals surface area contributed by atoms with Crippen LogP contribution >= 0.6 is 11.6 Å². The predicted octanol–water partition coefficient (Wildman–Crippen LogP) is 5.97. The van der Waals surface area contributed by atoms with E-state index < -0.39 is 11.7 Å². The summed E-state index contributed by atoms with van der Waals surface area (Å²) < 4.78 is 5.76. The van der Waals surface area contributed by atoms with Gasteiger partial charge in [0.05, 0.1) is 11.1 Å². The molecular weight excluding hydrogens is 524 g/mol. The average molecular weight is 561 g/mol. The number of nitrogens with one attached hydrogen (secondary N) is 2. The third-order valence-electron chi connectivity index (χ3n) is 7.14. The highest BCUT2D eigenvalue weighted by Crippen LogP contribution is 2.32. The van der Waals surface area contributed by atoms with Crippen molar-refractivity contribution in [2.24, 2.45) is 5.73 Å². The highest BCUT2D eigenvalue weighted by molar-refractivity contribution is 6.42. The molecule has 3 aromatic rings. The molecule has 1 saturated carbocycles. The topological polar surface area (TPSA) is 109 Å². The molecule has 4 N–H and O–H groups in total. The average Bonchev–Trinajstić information content (AvgIpc) is 3.65. The summed E-state index contributed by atoms with van der Waals surface area (Å²) in [6, 6.07) is 18.6. The van der Waals surface area contributed by atoms with Crippen LogP contribution in [0.25, 0.3) is 11.1 Å². The number of anilines is 1. The number of rotatable bonds is 11. The van der Waals surface area contributed by atoms with Crippen LogP contribution in [0.5, 0.6) is 5.75 Å². The number of ketones is 1. The van der Waals surface area contributed by atoms with Crippen molar-refractivity contribution in [3.05, 3.63) is 82.4 Å². The van der Waals surface area contributed by atoms with Crippen molar-refractivity contribution in [3.63, 3.8) is 0 Å². The Morgan fingerprint density at radius 1 is 1.05 bits per heavy atom. The molecule has 1 saturated heterocycles. The van der Waals surface area contributed by atoms with E-state index in [0.29, 0.717) is 6.10 Å². The molecule has 2 fully saturated rings. The van der Waals surface area contributed by atoms with Crippen LogP contribution in [-0.4, -0.2) is 55.6 Å². The number of hydrogen-bond acceptors (Lipinski definition) is 6. The predicted molar refractivity (Wildman–Crippen MR) is 162 cm³/mol. The summed E-state index contributed by atoms with van der Waals surface area (Å²) in [5.74, 6) is -0.806. The number of Topliss-reactive ketones (excluding diaryl/α,β-unsaturated/α-hetero) is 1. The van der Waals surface area contributed by atoms with Gasteiger partial charge in [-0.05, 0) is 93.0 Å². The van der Waals surface area contributed by atoms with Crippen molar-refractivity contribution in [2.75, 3.05) is 32.0 Å². The molecule has 0 atom stereocenters. The largest absolute Gasteiger partial charge is 0.489 e. The Morgan fingerprint density at radius 3 is 2.35 bits per heavy atom. The summed E-state index contributed by atoms with van der Waals surface area (Å²) in [7, 11) is 1.79. The van der Waals surface area contributed by atoms with Crippen LogP contribution < -0.4 is 15.8 Å². The maximum absolute atomic E-state index is 11.5. The minimum atomic E-state index is -0.962. The minimum Gasteiger partial charge on any atom is -0.489 e. The van der Waals surface area contributed by atoms with Crippen LogP contribution in [0.4, 0.5) is 5.69 Å². The van der Waals surface area contributed by atoms with E-state index in [-0.39, 0.29) is 5.56 Å². The van der Waals surface area contributed by atoms with Crippen molar-refractivity contribution >= 4 is 35.2 Å². The standard InChI is InChI=1S/C16H22ClNO.C16H15N3O2/c17-15-12-13(4-3-11-18-9-1-2-10-18)5-8-16(15)19-14-6-7-14;1-19-14-8-12(6-7-13(14)9-17)10-2-4-11(5-3-10)15(20)16(18)21/h5,8,12,14H,1-4,6-7,9-11H2;2-9,17,19H,1H3,(H2,18,21). The number of likely N-dealkylation sites (tertiary alicyclic amines) is 1. The molecule has 2 aliphatic rings. The molecule has 1 heterocycles. The summed E-state index contributed by atoms with van der Waals surface area (Å²) in [5, 5.41) is 11.1. The fourth-order valence-corrected chi connectivity index (χ4v) is 4.96. The van der Waals surface area contributed by atoms with Gasteiger partial charge in [-0.2, -0.15) is 0 Å². The highest BCUT2D eigenvalue weighted by atomic mass is 35.5. The van der Waals surface area contributed by atoms with Gasteiger partial charge in [0.1, 0.15) is 5.75 Å². The van der Waals surface area contributed by atoms with E-state index in [1.54, 1.807) is 31.3 Å². The van der Waals surface area contributed by atoms with Crippen molar-refractivity contribution in [2.45, 2.75) is 44.6 Å². The fraction of sp³-hybridized carbons (Fsp3) is 0.344. The molecule has 8 heteroatoms. The number of nitrogens with two attached hydrogens (primary N) is 1. The quantitative estimate of drug-likeness (QED) is 0.152. The Balaban J connectivity index is 0.000000186. The van der Waals surface area contributed by atoms with Gasteiger partial charge in [0.25, 0.3) is 5.91 Å². The summed E-state index contributed by atoms with van der Waals surface area (Å²) >= 11 is 6.27. The Morgan fingerprint density at radius 2 is 1.75 bits per heavy atom. The lowest BCUT2D eigenvalue weighted by atomic mass is 10.00. The van der Waals surface area contributed by atoms with Crippen LogP contribution in [0.15, 0.2) is 60.7 Å². The molecule has 40 heavy (non-hydrogen) atoms. The second-order valence-corrected chi connectivity index (χ2v) is 10.6. The lowest BCUT2D eigenvalue weighted by Gasteiger charge is -2.14. The maximum atomic E-state index is 11.5. The zero-order chi connectivity index (χ0) is 28.5. The van der Waals surface area contributed by atoms with Crippen molar-refractivity contribution in [1.29, 1.82) is 5.41 Å². The van der Waals surface area contributed by atoms with E-state index in [2.05, 4.69) is 22.3 Å². The molecule has 0 unspecified atom stereocenters. The van der Waals surface area contributed by atoms with Gasteiger partial charge in [0, 0.05) is 30.1 Å². The first-order chi connectivity index (χ1) is 19.4. The van der Waals surface area contributed by atoms with Crippen molar-refractivity contribution < 1.29 is 14.3 Å². The van der Waals surface area contributed by atoms with Gasteiger partial charge in [0.15, 0.2) is 0 Å². The van der Waals surface area contributed by atoms with Crippen LogP contribution in [0.2, 0.25) is 5.02 Å². The number of carbonyl (C=O) groups excluding carboxylic acids is 2. The van der Waals surface area contributed by atoms with E-state index in [9.17, 15) is 9.59 Å². The zero-order valence-corrected chi connectivity index (χ0v) is 23.7. The number of primary amides is 1. The molecule has 210 valence electrons. The molecule has 0 bridgehead atoms. The first-order valence-electron chi connectivity index (χ1n) is 13.8. The molecule has 1 aliphatic heterocycles. The number of benzene rings is 3. The number of amides is 1. The van der Waals surface area contributed by atoms with Gasteiger partial charge in [-0.1, -0.05) is 54.1 Å². The number of ether oxygens (including phenoxy) is 1. The smallest absolute Gasteiger partial charge is 0.289 e. The lowest BCUT2D eigenvalue weighted by molar-refractivity contribution is -0.114. The maximum Gasteiger partial charge on any atom is 0.289 e. The molecule has 1 aliphatic carbocycles. The van der Waals surface area contributed by atoms with E-state index >= 15 is 0 Å². The molecule has 0 radical (unpaired) electrons. The molecule has 1 amide bonds. The van der Waals surface area contributed by atoms with Crippen molar-refractivity contribution in [1.82, 2.24) is 4.90 Å².